The number of hydrogen-bond donors (Lipinski definition) is 1. The van der Waals surface area contributed by atoms with Crippen LogP contribution in [0.15, 0.2) is 66.7 Å². The van der Waals surface area contributed by atoms with Gasteiger partial charge >= 0.3 is 0 Å². The molecule has 0 aliphatic heterocycles. The first-order valence-electron chi connectivity index (χ1n) is 10.7. The Labute approximate surface area is 196 Å². The molecule has 3 rings (SSSR count). The molecule has 7 heteroatoms. The fraction of sp³-hybridized carbons (Fsp3) is 0.269. The van der Waals surface area contributed by atoms with Crippen LogP contribution in [0.3, 0.4) is 0 Å². The van der Waals surface area contributed by atoms with Crippen molar-refractivity contribution in [1.82, 2.24) is 5.32 Å². The lowest BCUT2D eigenvalue weighted by Crippen LogP contribution is -2.29. The van der Waals surface area contributed by atoms with Crippen molar-refractivity contribution in [3.8, 4) is 5.75 Å². The van der Waals surface area contributed by atoms with Gasteiger partial charge in [-0.1, -0.05) is 35.9 Å². The minimum absolute atomic E-state index is 0.188. The molecule has 1 N–H and O–H groups in total. The summed E-state index contributed by atoms with van der Waals surface area (Å²) in [6.07, 6.45) is 1.19. The number of anilines is 1. The highest BCUT2D eigenvalue weighted by molar-refractivity contribution is 7.92. The number of rotatable bonds is 9. The largest absolute Gasteiger partial charge is 0.492 e. The highest BCUT2D eigenvalue weighted by atomic mass is 32.2. The third-order valence-corrected chi connectivity index (χ3v) is 6.54. The average molecular weight is 467 g/mol. The van der Waals surface area contributed by atoms with Gasteiger partial charge < -0.3 is 10.1 Å². The number of ether oxygens (including phenoxy) is 1. The van der Waals surface area contributed by atoms with Gasteiger partial charge in [0.2, 0.25) is 10.0 Å². The summed E-state index contributed by atoms with van der Waals surface area (Å²) in [5, 5.41) is 2.84. The fourth-order valence-electron chi connectivity index (χ4n) is 3.28. The summed E-state index contributed by atoms with van der Waals surface area (Å²) in [6, 6.07) is 20.2. The van der Waals surface area contributed by atoms with Crippen LogP contribution in [0.5, 0.6) is 5.75 Å². The van der Waals surface area contributed by atoms with Gasteiger partial charge in [0, 0.05) is 5.56 Å². The minimum atomic E-state index is -3.46. The average Bonchev–Trinajstić information content (AvgIpc) is 2.77. The molecule has 0 bridgehead atoms. The van der Waals surface area contributed by atoms with Crippen LogP contribution in [0.25, 0.3) is 0 Å². The Morgan fingerprint density at radius 2 is 1.58 bits per heavy atom. The zero-order chi connectivity index (χ0) is 24.0. The van der Waals surface area contributed by atoms with Crippen LogP contribution in [0, 0.1) is 20.8 Å². The van der Waals surface area contributed by atoms with E-state index in [1.807, 2.05) is 51.1 Å². The van der Waals surface area contributed by atoms with Gasteiger partial charge in [0.25, 0.3) is 5.91 Å². The summed E-state index contributed by atoms with van der Waals surface area (Å²) in [4.78, 5) is 12.4. The van der Waals surface area contributed by atoms with Crippen molar-refractivity contribution < 1.29 is 17.9 Å². The number of sulfonamides is 1. The maximum Gasteiger partial charge on any atom is 0.251 e. The summed E-state index contributed by atoms with van der Waals surface area (Å²) in [7, 11) is -3.46. The van der Waals surface area contributed by atoms with E-state index in [0.717, 1.165) is 22.4 Å². The number of nitrogens with one attached hydrogen (secondary N) is 1. The van der Waals surface area contributed by atoms with Crippen LogP contribution in [0.1, 0.15) is 32.6 Å². The molecule has 0 aliphatic rings. The molecule has 0 heterocycles. The van der Waals surface area contributed by atoms with Crippen molar-refractivity contribution >= 4 is 21.6 Å². The smallest absolute Gasteiger partial charge is 0.251 e. The van der Waals surface area contributed by atoms with Gasteiger partial charge in [0.1, 0.15) is 12.4 Å². The Morgan fingerprint density at radius 3 is 2.18 bits per heavy atom. The lowest BCUT2D eigenvalue weighted by molar-refractivity contribution is 0.0947. The number of carbonyl (C=O) groups excluding carboxylic acids is 1. The first-order valence-corrected chi connectivity index (χ1v) is 12.6. The highest BCUT2D eigenvalue weighted by Gasteiger charge is 2.18. The molecule has 0 saturated carbocycles. The summed E-state index contributed by atoms with van der Waals surface area (Å²) in [5.74, 6) is 0.574. The van der Waals surface area contributed by atoms with Crippen molar-refractivity contribution in [3.05, 3.63) is 94.5 Å². The van der Waals surface area contributed by atoms with E-state index in [1.165, 1.54) is 16.1 Å². The van der Waals surface area contributed by atoms with Gasteiger partial charge in [-0.2, -0.15) is 0 Å². The normalized spacial score (nSPS) is 11.2. The number of aryl methyl sites for hydroxylation is 3. The topological polar surface area (TPSA) is 75.7 Å². The van der Waals surface area contributed by atoms with E-state index in [1.54, 1.807) is 36.4 Å². The summed E-state index contributed by atoms with van der Waals surface area (Å²) >= 11 is 0. The third kappa shape index (κ3) is 6.83. The number of benzene rings is 3. The lowest BCUT2D eigenvalue weighted by Gasteiger charge is -2.22. The zero-order valence-electron chi connectivity index (χ0n) is 19.5. The number of carbonyl (C=O) groups is 1. The Kier molecular flexibility index (Phi) is 7.76. The third-order valence-electron chi connectivity index (χ3n) is 5.40. The van der Waals surface area contributed by atoms with Gasteiger partial charge in [0.05, 0.1) is 25.0 Å². The molecule has 3 aromatic rings. The lowest BCUT2D eigenvalue weighted by atomic mass is 10.1. The maximum atomic E-state index is 12.4. The molecular weight excluding hydrogens is 436 g/mol. The van der Waals surface area contributed by atoms with Gasteiger partial charge in [-0.05, 0) is 73.9 Å². The number of nitrogens with zero attached hydrogens (tertiary/aromatic N) is 1. The molecule has 0 fully saturated rings. The highest BCUT2D eigenvalue weighted by Crippen LogP contribution is 2.21. The van der Waals surface area contributed by atoms with Crippen molar-refractivity contribution in [3.63, 3.8) is 0 Å². The first-order chi connectivity index (χ1) is 15.6. The molecule has 0 aliphatic carbocycles. The van der Waals surface area contributed by atoms with Crippen molar-refractivity contribution in [1.29, 1.82) is 0 Å². The SMILES string of the molecule is Cc1ccc(N(Cc2ccc(C(=O)NCCOc3ccc(C)c(C)c3)cc2)S(C)(=O)=O)cc1. The second-order valence-electron chi connectivity index (χ2n) is 8.15. The molecule has 0 spiro atoms. The predicted octanol–water partition coefficient (Wildman–Crippen LogP) is 4.39. The van der Waals surface area contributed by atoms with Crippen molar-refractivity contribution in [2.45, 2.75) is 27.3 Å². The van der Waals surface area contributed by atoms with E-state index in [9.17, 15) is 13.2 Å². The fourth-order valence-corrected chi connectivity index (χ4v) is 4.17. The molecular formula is C26H30N2O4S. The van der Waals surface area contributed by atoms with E-state index in [4.69, 9.17) is 4.74 Å². The molecule has 0 unspecified atom stereocenters. The zero-order valence-corrected chi connectivity index (χ0v) is 20.3. The van der Waals surface area contributed by atoms with Gasteiger partial charge in [-0.25, -0.2) is 8.42 Å². The van der Waals surface area contributed by atoms with Crippen molar-refractivity contribution in [2.75, 3.05) is 23.7 Å². The molecule has 1 amide bonds. The minimum Gasteiger partial charge on any atom is -0.492 e. The molecule has 0 radical (unpaired) electrons. The summed E-state index contributed by atoms with van der Waals surface area (Å²) in [5.41, 5.74) is 5.32. The molecule has 33 heavy (non-hydrogen) atoms. The van der Waals surface area contributed by atoms with E-state index in [0.29, 0.717) is 24.4 Å². The Balaban J connectivity index is 1.56. The van der Waals surface area contributed by atoms with Crippen LogP contribution in [0.2, 0.25) is 0 Å². The number of hydrogen-bond acceptors (Lipinski definition) is 4. The molecule has 174 valence electrons. The van der Waals surface area contributed by atoms with Crippen LogP contribution < -0.4 is 14.4 Å². The molecule has 3 aromatic carbocycles. The second-order valence-corrected chi connectivity index (χ2v) is 10.1. The Morgan fingerprint density at radius 1 is 0.909 bits per heavy atom. The molecule has 6 nitrogen and oxygen atoms in total. The number of amides is 1. The quantitative estimate of drug-likeness (QED) is 0.475. The van der Waals surface area contributed by atoms with Crippen LogP contribution in [0.4, 0.5) is 5.69 Å². The molecule has 0 atom stereocenters. The maximum absolute atomic E-state index is 12.4. The second kappa shape index (κ2) is 10.5. The van der Waals surface area contributed by atoms with Crippen LogP contribution in [-0.2, 0) is 16.6 Å². The van der Waals surface area contributed by atoms with E-state index < -0.39 is 10.0 Å². The standard InChI is InChI=1S/C26H30N2O4S/c1-19-5-12-24(13-6-19)28(33(4,30)31)18-22-8-10-23(11-9-22)26(29)27-15-16-32-25-14-7-20(2)21(3)17-25/h5-14,17H,15-16,18H2,1-4H3,(H,27,29). The van der Waals surface area contributed by atoms with E-state index in [-0.39, 0.29) is 12.5 Å². The van der Waals surface area contributed by atoms with E-state index >= 15 is 0 Å². The summed E-state index contributed by atoms with van der Waals surface area (Å²) < 4.78 is 31.7. The molecule has 0 aromatic heterocycles. The van der Waals surface area contributed by atoms with Crippen LogP contribution >= 0.6 is 0 Å². The summed E-state index contributed by atoms with van der Waals surface area (Å²) in [6.45, 7) is 6.96. The first kappa shape index (κ1) is 24.3. The van der Waals surface area contributed by atoms with E-state index in [2.05, 4.69) is 5.32 Å². The van der Waals surface area contributed by atoms with Gasteiger partial charge in [0.15, 0.2) is 0 Å². The van der Waals surface area contributed by atoms with Gasteiger partial charge in [-0.15, -0.1) is 0 Å². The monoisotopic (exact) mass is 466 g/mol. The predicted molar refractivity (Wildman–Crippen MR) is 132 cm³/mol. The Hall–Kier alpha value is -3.32. The van der Waals surface area contributed by atoms with Gasteiger partial charge in [-0.3, -0.25) is 9.10 Å². The Bertz CT molecular complexity index is 1200. The molecule has 0 saturated heterocycles. The van der Waals surface area contributed by atoms with Crippen molar-refractivity contribution in [2.24, 2.45) is 0 Å². The van der Waals surface area contributed by atoms with Crippen LogP contribution in [-0.4, -0.2) is 33.7 Å².